The van der Waals surface area contributed by atoms with Gasteiger partial charge in [-0.1, -0.05) is 49.6 Å². The number of unbranched alkanes of at least 4 members (excludes halogenated alkanes) is 2. The summed E-state index contributed by atoms with van der Waals surface area (Å²) >= 11 is 0. The number of ether oxygens (including phenoxy) is 1. The molecule has 1 aromatic carbocycles. The van der Waals surface area contributed by atoms with E-state index in [9.17, 15) is 0 Å². The smallest absolute Gasteiger partial charge is 0.143 e. The van der Waals surface area contributed by atoms with Gasteiger partial charge in [0.1, 0.15) is 6.10 Å². The van der Waals surface area contributed by atoms with Crippen LogP contribution < -0.4 is 0 Å². The second-order valence-corrected chi connectivity index (χ2v) is 3.45. The molecule has 0 aliphatic rings. The van der Waals surface area contributed by atoms with Gasteiger partial charge in [-0.15, -0.1) is 5.92 Å². The maximum absolute atomic E-state index is 5.34. The van der Waals surface area contributed by atoms with Gasteiger partial charge in [-0.3, -0.25) is 0 Å². The van der Waals surface area contributed by atoms with E-state index in [1.54, 1.807) is 7.11 Å². The number of rotatable bonds is 4. The molecule has 0 fully saturated rings. The van der Waals surface area contributed by atoms with Crippen LogP contribution in [0.15, 0.2) is 30.3 Å². The molecule has 1 rings (SSSR count). The van der Waals surface area contributed by atoms with Gasteiger partial charge in [0.05, 0.1) is 0 Å². The lowest BCUT2D eigenvalue weighted by Crippen LogP contribution is -1.97. The molecule has 0 N–H and O–H groups in total. The SMILES string of the molecule is CCCCC#CC(OC)c1ccccc1. The van der Waals surface area contributed by atoms with E-state index in [0.29, 0.717) is 0 Å². The first-order chi connectivity index (χ1) is 7.38. The Bertz CT molecular complexity index is 318. The van der Waals surface area contributed by atoms with Crippen LogP contribution in [-0.4, -0.2) is 7.11 Å². The van der Waals surface area contributed by atoms with Gasteiger partial charge in [-0.2, -0.15) is 0 Å². The van der Waals surface area contributed by atoms with Crippen LogP contribution in [0.2, 0.25) is 0 Å². The van der Waals surface area contributed by atoms with Crippen molar-refractivity contribution >= 4 is 0 Å². The molecule has 0 heterocycles. The molecule has 0 bridgehead atoms. The summed E-state index contributed by atoms with van der Waals surface area (Å²) in [6.45, 7) is 2.17. The summed E-state index contributed by atoms with van der Waals surface area (Å²) in [6.07, 6.45) is 3.24. The lowest BCUT2D eigenvalue weighted by Gasteiger charge is -2.07. The zero-order valence-corrected chi connectivity index (χ0v) is 9.49. The predicted molar refractivity (Wildman–Crippen MR) is 63.5 cm³/mol. The fourth-order valence-corrected chi connectivity index (χ4v) is 1.34. The van der Waals surface area contributed by atoms with Crippen LogP contribution in [0.25, 0.3) is 0 Å². The van der Waals surface area contributed by atoms with Gasteiger partial charge in [0, 0.05) is 13.5 Å². The Hall–Kier alpha value is -1.26. The normalized spacial score (nSPS) is 11.6. The Kier molecular flexibility index (Phi) is 5.58. The zero-order chi connectivity index (χ0) is 10.9. The molecule has 0 amide bonds. The minimum absolute atomic E-state index is 0.0805. The number of hydrogen-bond donors (Lipinski definition) is 0. The van der Waals surface area contributed by atoms with E-state index < -0.39 is 0 Å². The molecular weight excluding hydrogens is 184 g/mol. The van der Waals surface area contributed by atoms with Crippen molar-refractivity contribution in [2.75, 3.05) is 7.11 Å². The van der Waals surface area contributed by atoms with Gasteiger partial charge >= 0.3 is 0 Å². The summed E-state index contributed by atoms with van der Waals surface area (Å²) in [4.78, 5) is 0. The first kappa shape index (κ1) is 11.8. The highest BCUT2D eigenvalue weighted by Gasteiger charge is 2.04. The number of benzene rings is 1. The Morgan fingerprint density at radius 1 is 1.27 bits per heavy atom. The summed E-state index contributed by atoms with van der Waals surface area (Å²) in [6, 6.07) is 10.1. The van der Waals surface area contributed by atoms with Crippen molar-refractivity contribution in [3.8, 4) is 11.8 Å². The Balaban J connectivity index is 2.59. The zero-order valence-electron chi connectivity index (χ0n) is 9.49. The van der Waals surface area contributed by atoms with E-state index in [4.69, 9.17) is 4.74 Å². The van der Waals surface area contributed by atoms with Crippen molar-refractivity contribution in [2.24, 2.45) is 0 Å². The summed E-state index contributed by atoms with van der Waals surface area (Å²) in [5, 5.41) is 0. The molecule has 0 saturated heterocycles. The average molecular weight is 202 g/mol. The highest BCUT2D eigenvalue weighted by atomic mass is 16.5. The van der Waals surface area contributed by atoms with Crippen LogP contribution >= 0.6 is 0 Å². The van der Waals surface area contributed by atoms with Crippen LogP contribution in [0.4, 0.5) is 0 Å². The highest BCUT2D eigenvalue weighted by molar-refractivity contribution is 5.25. The molecule has 1 aromatic rings. The first-order valence-corrected chi connectivity index (χ1v) is 5.44. The lowest BCUT2D eigenvalue weighted by atomic mass is 10.1. The van der Waals surface area contributed by atoms with E-state index in [0.717, 1.165) is 18.4 Å². The Morgan fingerprint density at radius 3 is 2.60 bits per heavy atom. The largest absolute Gasteiger partial charge is 0.364 e. The van der Waals surface area contributed by atoms with E-state index in [1.165, 1.54) is 6.42 Å². The molecule has 1 heteroatoms. The molecule has 80 valence electrons. The van der Waals surface area contributed by atoms with Crippen molar-refractivity contribution in [1.82, 2.24) is 0 Å². The van der Waals surface area contributed by atoms with Gasteiger partial charge in [0.15, 0.2) is 0 Å². The quantitative estimate of drug-likeness (QED) is 0.535. The molecule has 1 unspecified atom stereocenters. The monoisotopic (exact) mass is 202 g/mol. The molecule has 0 aromatic heterocycles. The molecule has 15 heavy (non-hydrogen) atoms. The third kappa shape index (κ3) is 4.18. The van der Waals surface area contributed by atoms with Crippen molar-refractivity contribution < 1.29 is 4.74 Å². The Morgan fingerprint density at radius 2 is 2.00 bits per heavy atom. The molecule has 0 aliphatic carbocycles. The van der Waals surface area contributed by atoms with Gasteiger partial charge in [0.2, 0.25) is 0 Å². The predicted octanol–water partition coefficient (Wildman–Crippen LogP) is 3.57. The second kappa shape index (κ2) is 7.09. The Labute approximate surface area is 92.5 Å². The fourth-order valence-electron chi connectivity index (χ4n) is 1.34. The van der Waals surface area contributed by atoms with Crippen LogP contribution in [0, 0.1) is 11.8 Å². The maximum atomic E-state index is 5.34. The number of methoxy groups -OCH3 is 1. The molecule has 0 aliphatic heterocycles. The van der Waals surface area contributed by atoms with E-state index >= 15 is 0 Å². The molecule has 1 atom stereocenters. The van der Waals surface area contributed by atoms with Crippen molar-refractivity contribution in [3.05, 3.63) is 35.9 Å². The van der Waals surface area contributed by atoms with Crippen LogP contribution in [0.5, 0.6) is 0 Å². The average Bonchev–Trinajstić information content (AvgIpc) is 2.30. The molecular formula is C14H18O. The molecule has 0 spiro atoms. The van der Waals surface area contributed by atoms with Gasteiger partial charge in [0.25, 0.3) is 0 Å². The summed E-state index contributed by atoms with van der Waals surface area (Å²) in [5.41, 5.74) is 1.13. The molecule has 0 saturated carbocycles. The summed E-state index contributed by atoms with van der Waals surface area (Å²) in [5.74, 6) is 6.31. The minimum Gasteiger partial charge on any atom is -0.364 e. The van der Waals surface area contributed by atoms with Gasteiger partial charge in [-0.05, 0) is 12.0 Å². The van der Waals surface area contributed by atoms with Crippen LogP contribution in [0.1, 0.15) is 37.9 Å². The van der Waals surface area contributed by atoms with Crippen molar-refractivity contribution in [3.63, 3.8) is 0 Å². The topological polar surface area (TPSA) is 9.23 Å². The van der Waals surface area contributed by atoms with Crippen LogP contribution in [-0.2, 0) is 4.74 Å². The maximum Gasteiger partial charge on any atom is 0.143 e. The standard InChI is InChI=1S/C14H18O/c1-3-4-5-9-12-14(15-2)13-10-7-6-8-11-13/h6-8,10-11,14H,3-5H2,1-2H3. The van der Waals surface area contributed by atoms with E-state index in [-0.39, 0.29) is 6.10 Å². The minimum atomic E-state index is -0.0805. The van der Waals surface area contributed by atoms with Gasteiger partial charge < -0.3 is 4.74 Å². The highest BCUT2D eigenvalue weighted by Crippen LogP contribution is 2.14. The first-order valence-electron chi connectivity index (χ1n) is 5.44. The summed E-state index contributed by atoms with van der Waals surface area (Å²) in [7, 11) is 1.70. The number of hydrogen-bond acceptors (Lipinski definition) is 1. The van der Waals surface area contributed by atoms with Crippen molar-refractivity contribution in [2.45, 2.75) is 32.3 Å². The van der Waals surface area contributed by atoms with E-state index in [2.05, 4.69) is 18.8 Å². The third-order valence-corrected chi connectivity index (χ3v) is 2.23. The summed E-state index contributed by atoms with van der Waals surface area (Å²) < 4.78 is 5.34. The third-order valence-electron chi connectivity index (χ3n) is 2.23. The fraction of sp³-hybridized carbons (Fsp3) is 0.429. The molecule has 0 radical (unpaired) electrons. The van der Waals surface area contributed by atoms with E-state index in [1.807, 2.05) is 30.3 Å². The van der Waals surface area contributed by atoms with Crippen molar-refractivity contribution in [1.29, 1.82) is 0 Å². The second-order valence-electron chi connectivity index (χ2n) is 3.45. The van der Waals surface area contributed by atoms with Crippen LogP contribution in [0.3, 0.4) is 0 Å². The molecule has 1 nitrogen and oxygen atoms in total. The lowest BCUT2D eigenvalue weighted by molar-refractivity contribution is 0.150. The van der Waals surface area contributed by atoms with Gasteiger partial charge in [-0.25, -0.2) is 0 Å².